The van der Waals surface area contributed by atoms with Crippen molar-refractivity contribution in [1.29, 1.82) is 0 Å². The third-order valence-electron chi connectivity index (χ3n) is 7.71. The number of likely N-dealkylation sites (tertiary alicyclic amines) is 1. The largest absolute Gasteiger partial charge is 0.506 e. The Morgan fingerprint density at radius 3 is 2.20 bits per heavy atom. The number of aliphatic hydroxyl groups is 2. The molecule has 1 saturated heterocycles. The second kappa shape index (κ2) is 13.8. The summed E-state index contributed by atoms with van der Waals surface area (Å²) in [7, 11) is 0. The highest BCUT2D eigenvalue weighted by Crippen LogP contribution is 2.31. The molecule has 3 N–H and O–H groups in total. The van der Waals surface area contributed by atoms with Crippen LogP contribution in [0.15, 0.2) is 77.3 Å². The van der Waals surface area contributed by atoms with Gasteiger partial charge in [0.15, 0.2) is 5.60 Å². The molecule has 1 fully saturated rings. The van der Waals surface area contributed by atoms with Crippen LogP contribution < -0.4 is 0 Å². The molecule has 0 bridgehead atoms. The number of amides is 1. The van der Waals surface area contributed by atoms with Crippen LogP contribution in [0.25, 0.3) is 34.0 Å². The molecule has 1 aliphatic heterocycles. The number of carboxylic acid groups (broad SMARTS) is 1. The molecule has 11 nitrogen and oxygen atoms in total. The molecular formula is C32H33FN4O7. The number of carbonyl (C=O) groups excluding carboxylic acids is 1. The molecule has 1 aliphatic rings. The Morgan fingerprint density at radius 1 is 0.932 bits per heavy atom. The molecule has 44 heavy (non-hydrogen) atoms. The zero-order valence-electron chi connectivity index (χ0n) is 23.9. The summed E-state index contributed by atoms with van der Waals surface area (Å²) in [5.41, 5.74) is 1.86. The van der Waals surface area contributed by atoms with E-state index in [1.54, 1.807) is 12.1 Å². The number of ether oxygens (including phenoxy) is 1. The summed E-state index contributed by atoms with van der Waals surface area (Å²) >= 11 is 0. The summed E-state index contributed by atoms with van der Waals surface area (Å²) in [6.07, 6.45) is -1.26. The van der Waals surface area contributed by atoms with Gasteiger partial charge in [-0.15, -0.1) is 0 Å². The number of benzene rings is 3. The van der Waals surface area contributed by atoms with E-state index in [1.807, 2.05) is 54.6 Å². The van der Waals surface area contributed by atoms with Gasteiger partial charge in [0.05, 0.1) is 13.2 Å². The minimum atomic E-state index is -1.57. The van der Waals surface area contributed by atoms with E-state index in [0.29, 0.717) is 36.6 Å². The van der Waals surface area contributed by atoms with Gasteiger partial charge >= 0.3 is 6.16 Å². The lowest BCUT2D eigenvalue weighted by Crippen LogP contribution is -2.57. The Labute approximate surface area is 253 Å². The molecule has 4 aromatic rings. The van der Waals surface area contributed by atoms with Gasteiger partial charge in [0.2, 0.25) is 5.82 Å². The van der Waals surface area contributed by atoms with Crippen molar-refractivity contribution < 1.29 is 38.6 Å². The van der Waals surface area contributed by atoms with E-state index in [4.69, 9.17) is 9.26 Å². The minimum absolute atomic E-state index is 0.0283. The van der Waals surface area contributed by atoms with E-state index in [-0.39, 0.29) is 50.9 Å². The number of halogens is 1. The highest BCUT2D eigenvalue weighted by molar-refractivity contribution is 5.87. The van der Waals surface area contributed by atoms with Crippen molar-refractivity contribution in [3.05, 3.63) is 84.2 Å². The molecule has 3 aromatic carbocycles. The first-order chi connectivity index (χ1) is 21.3. The van der Waals surface area contributed by atoms with Crippen LogP contribution in [-0.2, 0) is 16.1 Å². The fourth-order valence-corrected chi connectivity index (χ4v) is 5.42. The van der Waals surface area contributed by atoms with Gasteiger partial charge in [0, 0.05) is 62.3 Å². The number of piperidine rings is 1. The predicted octanol–water partition coefficient (Wildman–Crippen LogP) is 4.05. The van der Waals surface area contributed by atoms with Gasteiger partial charge in [-0.05, 0) is 23.3 Å². The SMILES string of the molecule is O=C(O)OC1(C(=O)N(CCO)CCO)CCN(Cc2ccc(-c3noc(-c4ccc(-c5ccccc5)c(F)c4)n3)cc2)CC1. The van der Waals surface area contributed by atoms with Gasteiger partial charge < -0.3 is 29.5 Å². The lowest BCUT2D eigenvalue weighted by atomic mass is 9.89. The van der Waals surface area contributed by atoms with Gasteiger partial charge in [-0.1, -0.05) is 65.8 Å². The Hall–Kier alpha value is -4.65. The zero-order valence-corrected chi connectivity index (χ0v) is 23.9. The van der Waals surface area contributed by atoms with Gasteiger partial charge in [0.1, 0.15) is 5.82 Å². The first kappa shape index (κ1) is 30.8. The number of hydrogen-bond acceptors (Lipinski definition) is 9. The summed E-state index contributed by atoms with van der Waals surface area (Å²) in [5.74, 6) is -0.379. The van der Waals surface area contributed by atoms with Gasteiger partial charge in [-0.3, -0.25) is 9.69 Å². The van der Waals surface area contributed by atoms with Crippen molar-refractivity contribution in [3.8, 4) is 34.0 Å². The predicted molar refractivity (Wildman–Crippen MR) is 158 cm³/mol. The Balaban J connectivity index is 1.22. The molecule has 230 valence electrons. The second-order valence-corrected chi connectivity index (χ2v) is 10.6. The van der Waals surface area contributed by atoms with Crippen molar-refractivity contribution in [2.24, 2.45) is 0 Å². The molecule has 0 unspecified atom stereocenters. The van der Waals surface area contributed by atoms with Crippen molar-refractivity contribution >= 4 is 12.1 Å². The average molecular weight is 605 g/mol. The normalized spacial score (nSPS) is 14.7. The molecule has 12 heteroatoms. The quantitative estimate of drug-likeness (QED) is 0.214. The number of hydrogen-bond donors (Lipinski definition) is 3. The molecule has 0 spiro atoms. The number of aromatic nitrogens is 2. The van der Waals surface area contributed by atoms with E-state index < -0.39 is 17.7 Å². The molecule has 1 aromatic heterocycles. The lowest BCUT2D eigenvalue weighted by molar-refractivity contribution is -0.160. The van der Waals surface area contributed by atoms with E-state index in [9.17, 15) is 29.3 Å². The van der Waals surface area contributed by atoms with Crippen LogP contribution in [0.5, 0.6) is 0 Å². The minimum Gasteiger partial charge on any atom is -0.450 e. The number of carbonyl (C=O) groups is 2. The van der Waals surface area contributed by atoms with E-state index in [0.717, 1.165) is 16.7 Å². The van der Waals surface area contributed by atoms with E-state index in [1.165, 1.54) is 11.0 Å². The number of nitrogens with zero attached hydrogens (tertiary/aromatic N) is 4. The average Bonchev–Trinajstić information content (AvgIpc) is 3.53. The standard InChI is InChI=1S/C32H33FN4O7/c33-27-20-25(10-11-26(27)23-4-2-1-3-5-23)29-34-28(35-44-29)24-8-6-22(7-9-24)21-36-14-12-32(13-15-36,43-31(41)42)30(40)37(16-18-38)17-19-39/h1-11,20,38-39H,12-19,21H2,(H,41,42). The van der Waals surface area contributed by atoms with Crippen molar-refractivity contribution in [1.82, 2.24) is 19.9 Å². The summed E-state index contributed by atoms with van der Waals surface area (Å²) in [4.78, 5) is 32.5. The molecule has 0 aliphatic carbocycles. The Bertz CT molecular complexity index is 1570. The molecule has 0 radical (unpaired) electrons. The zero-order chi connectivity index (χ0) is 31.1. The topological polar surface area (TPSA) is 149 Å². The van der Waals surface area contributed by atoms with Gasteiger partial charge in [-0.2, -0.15) is 4.98 Å². The summed E-state index contributed by atoms with van der Waals surface area (Å²) in [6.45, 7) is 0.671. The highest BCUT2D eigenvalue weighted by atomic mass is 19.1. The van der Waals surface area contributed by atoms with Crippen molar-refractivity contribution in [3.63, 3.8) is 0 Å². The van der Waals surface area contributed by atoms with Crippen LogP contribution >= 0.6 is 0 Å². The fraction of sp³-hybridized carbons (Fsp3) is 0.312. The highest BCUT2D eigenvalue weighted by Gasteiger charge is 2.47. The van der Waals surface area contributed by atoms with Gasteiger partial charge in [0.25, 0.3) is 11.8 Å². The lowest BCUT2D eigenvalue weighted by Gasteiger charge is -2.41. The molecule has 2 heterocycles. The summed E-state index contributed by atoms with van der Waals surface area (Å²) in [5, 5.41) is 32.0. The number of aliphatic hydroxyl groups excluding tert-OH is 2. The monoisotopic (exact) mass is 604 g/mol. The maximum atomic E-state index is 14.9. The summed E-state index contributed by atoms with van der Waals surface area (Å²) < 4.78 is 25.4. The molecule has 5 rings (SSSR count). The van der Waals surface area contributed by atoms with Crippen LogP contribution in [0.3, 0.4) is 0 Å². The van der Waals surface area contributed by atoms with Crippen molar-refractivity contribution in [2.45, 2.75) is 25.0 Å². The molecule has 1 amide bonds. The second-order valence-electron chi connectivity index (χ2n) is 10.6. The first-order valence-electron chi connectivity index (χ1n) is 14.3. The maximum Gasteiger partial charge on any atom is 0.506 e. The smallest absolute Gasteiger partial charge is 0.450 e. The fourth-order valence-electron chi connectivity index (χ4n) is 5.42. The maximum absolute atomic E-state index is 14.9. The third-order valence-corrected chi connectivity index (χ3v) is 7.71. The Morgan fingerprint density at radius 2 is 1.59 bits per heavy atom. The first-order valence-corrected chi connectivity index (χ1v) is 14.3. The summed E-state index contributed by atoms with van der Waals surface area (Å²) in [6, 6.07) is 21.6. The van der Waals surface area contributed by atoms with Crippen LogP contribution in [0.1, 0.15) is 18.4 Å². The van der Waals surface area contributed by atoms with Crippen LogP contribution in [0.4, 0.5) is 9.18 Å². The van der Waals surface area contributed by atoms with Crippen LogP contribution in [0, 0.1) is 5.82 Å². The third kappa shape index (κ3) is 6.94. The Kier molecular flexibility index (Phi) is 9.63. The van der Waals surface area contributed by atoms with Gasteiger partial charge in [-0.25, -0.2) is 9.18 Å². The van der Waals surface area contributed by atoms with Crippen LogP contribution in [0.2, 0.25) is 0 Å². The van der Waals surface area contributed by atoms with E-state index >= 15 is 0 Å². The molecule has 0 saturated carbocycles. The van der Waals surface area contributed by atoms with Crippen molar-refractivity contribution in [2.75, 3.05) is 39.4 Å². The molecular weight excluding hydrogens is 571 g/mol. The molecule has 0 atom stereocenters. The number of rotatable bonds is 11. The van der Waals surface area contributed by atoms with Crippen LogP contribution in [-0.4, -0.2) is 92.3 Å². The van der Waals surface area contributed by atoms with E-state index in [2.05, 4.69) is 15.0 Å².